The first kappa shape index (κ1) is 11.9. The molecule has 0 saturated heterocycles. The van der Waals surface area contributed by atoms with Gasteiger partial charge in [-0.25, -0.2) is 9.97 Å². The molecule has 2 aromatic heterocycles. The summed E-state index contributed by atoms with van der Waals surface area (Å²) in [6.45, 7) is 2.79. The molecule has 7 heteroatoms. The van der Waals surface area contributed by atoms with Crippen LogP contribution in [0.15, 0.2) is 30.7 Å². The molecule has 0 aliphatic heterocycles. The van der Waals surface area contributed by atoms with Crippen molar-refractivity contribution >= 4 is 17.5 Å². The van der Waals surface area contributed by atoms with Crippen LogP contribution in [-0.4, -0.2) is 32.6 Å². The molecule has 0 fully saturated rings. The summed E-state index contributed by atoms with van der Waals surface area (Å²) in [5, 5.41) is 12.9. The van der Waals surface area contributed by atoms with Crippen LogP contribution in [0.25, 0.3) is 0 Å². The number of hydrogen-bond donors (Lipinski definition) is 2. The predicted molar refractivity (Wildman–Crippen MR) is 66.2 cm³/mol. The van der Waals surface area contributed by atoms with Crippen LogP contribution >= 0.6 is 0 Å². The second-order valence-electron chi connectivity index (χ2n) is 3.38. The van der Waals surface area contributed by atoms with E-state index in [-0.39, 0.29) is 11.9 Å². The van der Waals surface area contributed by atoms with E-state index in [0.29, 0.717) is 5.69 Å². The molecule has 2 N–H and O–H groups in total. The normalized spacial score (nSPS) is 9.83. The molecule has 0 aromatic carbocycles. The molecule has 0 saturated carbocycles. The van der Waals surface area contributed by atoms with Gasteiger partial charge in [0.05, 0.1) is 24.3 Å². The number of carbonyl (C=O) groups is 1. The summed E-state index contributed by atoms with van der Waals surface area (Å²) < 4.78 is 0. The summed E-state index contributed by atoms with van der Waals surface area (Å²) in [5.41, 5.74) is 1.16. The first-order chi connectivity index (χ1) is 8.79. The number of carbonyl (C=O) groups excluding carboxylic acids is 1. The first-order valence-electron chi connectivity index (χ1n) is 5.44. The lowest BCUT2D eigenvalue weighted by molar-refractivity contribution is 0.102. The maximum absolute atomic E-state index is 11.8. The van der Waals surface area contributed by atoms with Gasteiger partial charge in [-0.2, -0.15) is 5.10 Å². The zero-order valence-electron chi connectivity index (χ0n) is 9.79. The molecule has 0 atom stereocenters. The van der Waals surface area contributed by atoms with Crippen molar-refractivity contribution in [1.82, 2.24) is 20.2 Å². The lowest BCUT2D eigenvalue weighted by Crippen LogP contribution is -2.16. The SMILES string of the molecule is CCNc1ccc(C(=O)Nc2nccnn2)nc1. The second-order valence-corrected chi connectivity index (χ2v) is 3.38. The van der Waals surface area contributed by atoms with Crippen LogP contribution in [0.2, 0.25) is 0 Å². The fourth-order valence-electron chi connectivity index (χ4n) is 1.31. The summed E-state index contributed by atoms with van der Waals surface area (Å²) in [5.74, 6) is -0.217. The Kier molecular flexibility index (Phi) is 3.75. The molecule has 2 rings (SSSR count). The zero-order chi connectivity index (χ0) is 12.8. The Morgan fingerprint density at radius 1 is 1.28 bits per heavy atom. The smallest absolute Gasteiger partial charge is 0.276 e. The summed E-state index contributed by atoms with van der Waals surface area (Å²) >= 11 is 0. The maximum atomic E-state index is 11.8. The summed E-state index contributed by atoms with van der Waals surface area (Å²) in [4.78, 5) is 19.7. The highest BCUT2D eigenvalue weighted by Gasteiger charge is 2.08. The van der Waals surface area contributed by atoms with Crippen LogP contribution in [0, 0.1) is 0 Å². The standard InChI is InChI=1S/C11H12N6O/c1-2-12-8-3-4-9(14-7-8)10(18)16-11-13-5-6-15-17-11/h3-7,12H,2H2,1H3,(H,13,16,17,18). The average molecular weight is 244 g/mol. The van der Waals surface area contributed by atoms with E-state index in [9.17, 15) is 4.79 Å². The Morgan fingerprint density at radius 2 is 2.17 bits per heavy atom. The zero-order valence-corrected chi connectivity index (χ0v) is 9.79. The van der Waals surface area contributed by atoms with Crippen molar-refractivity contribution in [2.24, 2.45) is 0 Å². The molecule has 2 aromatic rings. The minimum absolute atomic E-state index is 0.153. The van der Waals surface area contributed by atoms with Crippen LogP contribution in [-0.2, 0) is 0 Å². The summed E-state index contributed by atoms with van der Waals surface area (Å²) in [7, 11) is 0. The minimum atomic E-state index is -0.369. The topological polar surface area (TPSA) is 92.7 Å². The Morgan fingerprint density at radius 3 is 2.78 bits per heavy atom. The van der Waals surface area contributed by atoms with E-state index in [2.05, 4.69) is 30.8 Å². The lowest BCUT2D eigenvalue weighted by atomic mass is 10.3. The Hall–Kier alpha value is -2.57. The van der Waals surface area contributed by atoms with Gasteiger partial charge in [0, 0.05) is 6.54 Å². The molecule has 0 unspecified atom stereocenters. The number of nitrogens with one attached hydrogen (secondary N) is 2. The average Bonchev–Trinajstić information content (AvgIpc) is 2.41. The van der Waals surface area contributed by atoms with E-state index in [0.717, 1.165) is 12.2 Å². The molecule has 7 nitrogen and oxygen atoms in total. The van der Waals surface area contributed by atoms with E-state index in [1.165, 1.54) is 12.4 Å². The van der Waals surface area contributed by atoms with Crippen LogP contribution in [0.3, 0.4) is 0 Å². The Bertz CT molecular complexity index is 513. The molecular formula is C11H12N6O. The Labute approximate surface area is 104 Å². The fraction of sp³-hybridized carbons (Fsp3) is 0.182. The maximum Gasteiger partial charge on any atom is 0.276 e. The molecule has 0 spiro atoms. The van der Waals surface area contributed by atoms with Crippen LogP contribution in [0.1, 0.15) is 17.4 Å². The van der Waals surface area contributed by atoms with Gasteiger partial charge >= 0.3 is 0 Å². The number of rotatable bonds is 4. The van der Waals surface area contributed by atoms with E-state index < -0.39 is 0 Å². The van der Waals surface area contributed by atoms with Gasteiger partial charge in [0.2, 0.25) is 5.95 Å². The third-order valence-electron chi connectivity index (χ3n) is 2.08. The van der Waals surface area contributed by atoms with Crippen LogP contribution in [0.4, 0.5) is 11.6 Å². The van der Waals surface area contributed by atoms with Gasteiger partial charge in [0.1, 0.15) is 5.69 Å². The van der Waals surface area contributed by atoms with E-state index in [1.807, 2.05) is 6.92 Å². The van der Waals surface area contributed by atoms with E-state index in [1.54, 1.807) is 18.3 Å². The van der Waals surface area contributed by atoms with Gasteiger partial charge in [-0.1, -0.05) is 0 Å². The molecular weight excluding hydrogens is 232 g/mol. The monoisotopic (exact) mass is 244 g/mol. The fourth-order valence-corrected chi connectivity index (χ4v) is 1.31. The van der Waals surface area contributed by atoms with Crippen molar-refractivity contribution in [1.29, 1.82) is 0 Å². The quantitative estimate of drug-likeness (QED) is 0.831. The summed E-state index contributed by atoms with van der Waals surface area (Å²) in [6, 6.07) is 3.42. The number of nitrogens with zero attached hydrogens (tertiary/aromatic N) is 4. The Balaban J connectivity index is 2.05. The number of aromatic nitrogens is 4. The van der Waals surface area contributed by atoms with Gasteiger partial charge in [-0.3, -0.25) is 10.1 Å². The van der Waals surface area contributed by atoms with Gasteiger partial charge < -0.3 is 5.32 Å². The predicted octanol–water partition coefficient (Wildman–Crippen LogP) is 0.951. The van der Waals surface area contributed by atoms with E-state index >= 15 is 0 Å². The van der Waals surface area contributed by atoms with Crippen molar-refractivity contribution in [2.45, 2.75) is 6.92 Å². The highest BCUT2D eigenvalue weighted by Crippen LogP contribution is 2.06. The number of pyridine rings is 1. The molecule has 92 valence electrons. The van der Waals surface area contributed by atoms with Crippen molar-refractivity contribution in [3.05, 3.63) is 36.4 Å². The highest BCUT2D eigenvalue weighted by molar-refractivity contribution is 6.01. The van der Waals surface area contributed by atoms with Crippen molar-refractivity contribution in [3.63, 3.8) is 0 Å². The molecule has 0 radical (unpaired) electrons. The third kappa shape index (κ3) is 2.97. The van der Waals surface area contributed by atoms with Gasteiger partial charge in [0.25, 0.3) is 5.91 Å². The lowest BCUT2D eigenvalue weighted by Gasteiger charge is -2.04. The molecule has 0 aliphatic carbocycles. The largest absolute Gasteiger partial charge is 0.384 e. The van der Waals surface area contributed by atoms with Crippen LogP contribution in [0.5, 0.6) is 0 Å². The second kappa shape index (κ2) is 5.67. The molecule has 0 bridgehead atoms. The molecule has 18 heavy (non-hydrogen) atoms. The molecule has 2 heterocycles. The third-order valence-corrected chi connectivity index (χ3v) is 2.08. The van der Waals surface area contributed by atoms with Crippen molar-refractivity contribution < 1.29 is 4.79 Å². The number of hydrogen-bond acceptors (Lipinski definition) is 6. The van der Waals surface area contributed by atoms with Gasteiger partial charge in [-0.05, 0) is 19.1 Å². The highest BCUT2D eigenvalue weighted by atomic mass is 16.2. The van der Waals surface area contributed by atoms with Crippen molar-refractivity contribution in [3.8, 4) is 0 Å². The van der Waals surface area contributed by atoms with Crippen LogP contribution < -0.4 is 10.6 Å². The first-order valence-corrected chi connectivity index (χ1v) is 5.44. The number of amides is 1. The summed E-state index contributed by atoms with van der Waals surface area (Å²) in [6.07, 6.45) is 4.48. The molecule has 1 amide bonds. The molecule has 0 aliphatic rings. The van der Waals surface area contributed by atoms with Gasteiger partial charge in [-0.15, -0.1) is 5.10 Å². The van der Waals surface area contributed by atoms with E-state index in [4.69, 9.17) is 0 Å². The minimum Gasteiger partial charge on any atom is -0.384 e. The number of anilines is 2. The van der Waals surface area contributed by atoms with Crippen molar-refractivity contribution in [2.75, 3.05) is 17.2 Å². The van der Waals surface area contributed by atoms with Gasteiger partial charge in [0.15, 0.2) is 0 Å².